The monoisotopic (exact) mass is 215 g/mol. The number of hydrogen-bond donors (Lipinski definition) is 1. The second-order valence-electron chi connectivity index (χ2n) is 3.16. The third-order valence-electron chi connectivity index (χ3n) is 1.64. The van der Waals surface area contributed by atoms with Gasteiger partial charge in [0.2, 0.25) is 0 Å². The van der Waals surface area contributed by atoms with Crippen molar-refractivity contribution in [1.82, 2.24) is 0 Å². The Hall–Kier alpha value is -2.21. The number of carbonyl (C=O) groups is 1. The number of hydrogen-bond acceptors (Lipinski definition) is 3. The summed E-state index contributed by atoms with van der Waals surface area (Å²) in [6.45, 7) is 1.69. The smallest absolute Gasteiger partial charge is 0.333 e. The Morgan fingerprint density at radius 2 is 2.12 bits per heavy atom. The van der Waals surface area contributed by atoms with Gasteiger partial charge in [-0.1, -0.05) is 30.0 Å². The summed E-state index contributed by atoms with van der Waals surface area (Å²) in [6.07, 6.45) is 1.23. The molecule has 0 aliphatic heterocycles. The van der Waals surface area contributed by atoms with Crippen molar-refractivity contribution in [2.75, 3.05) is 6.61 Å². The first-order valence-electron chi connectivity index (χ1n) is 4.83. The second kappa shape index (κ2) is 6.31. The molecule has 0 unspecified atom stereocenters. The van der Waals surface area contributed by atoms with Crippen molar-refractivity contribution in [3.8, 4) is 11.8 Å². The van der Waals surface area contributed by atoms with Gasteiger partial charge in [-0.05, 0) is 19.1 Å². The van der Waals surface area contributed by atoms with Crippen molar-refractivity contribution < 1.29 is 9.53 Å². The van der Waals surface area contributed by atoms with E-state index >= 15 is 0 Å². The Bertz CT molecular complexity index is 434. The lowest BCUT2D eigenvalue weighted by Gasteiger charge is -1.95. The highest BCUT2D eigenvalue weighted by Gasteiger charge is 1.94. The molecule has 1 aromatic rings. The zero-order valence-corrected chi connectivity index (χ0v) is 9.07. The Balaban J connectivity index is 2.40. The molecule has 0 aliphatic rings. The molecule has 3 heteroatoms. The van der Waals surface area contributed by atoms with Gasteiger partial charge in [0.25, 0.3) is 0 Å². The van der Waals surface area contributed by atoms with E-state index in [4.69, 9.17) is 10.5 Å². The first-order valence-corrected chi connectivity index (χ1v) is 4.83. The molecule has 2 N–H and O–H groups in total. The van der Waals surface area contributed by atoms with Gasteiger partial charge in [0.1, 0.15) is 0 Å². The average molecular weight is 215 g/mol. The number of carbonyl (C=O) groups excluding carboxylic acids is 1. The van der Waals surface area contributed by atoms with Crippen LogP contribution in [-0.2, 0) is 9.53 Å². The molecule has 0 heterocycles. The van der Waals surface area contributed by atoms with Gasteiger partial charge in [-0.25, -0.2) is 4.79 Å². The maximum absolute atomic E-state index is 11.0. The largest absolute Gasteiger partial charge is 0.449 e. The van der Waals surface area contributed by atoms with Gasteiger partial charge in [0.15, 0.2) is 6.61 Å². The van der Waals surface area contributed by atoms with Crippen LogP contribution in [0.25, 0.3) is 0 Å². The van der Waals surface area contributed by atoms with Crippen molar-refractivity contribution in [3.63, 3.8) is 0 Å². The fourth-order valence-electron chi connectivity index (χ4n) is 0.994. The van der Waals surface area contributed by atoms with E-state index < -0.39 is 5.97 Å². The van der Waals surface area contributed by atoms with Crippen molar-refractivity contribution >= 4 is 5.97 Å². The molecule has 0 aliphatic carbocycles. The quantitative estimate of drug-likeness (QED) is 0.461. The van der Waals surface area contributed by atoms with Crippen LogP contribution in [0.15, 0.2) is 42.1 Å². The summed E-state index contributed by atoms with van der Waals surface area (Å²) in [5.41, 5.74) is 6.62. The lowest BCUT2D eigenvalue weighted by Crippen LogP contribution is -2.04. The number of ether oxygens (including phenoxy) is 1. The van der Waals surface area contributed by atoms with Crippen LogP contribution >= 0.6 is 0 Å². The Labute approximate surface area is 94.9 Å². The third-order valence-corrected chi connectivity index (χ3v) is 1.64. The molecular weight excluding hydrogens is 202 g/mol. The van der Waals surface area contributed by atoms with Crippen LogP contribution in [0.2, 0.25) is 0 Å². The van der Waals surface area contributed by atoms with E-state index in [-0.39, 0.29) is 6.61 Å². The molecule has 0 aromatic heterocycles. The zero-order chi connectivity index (χ0) is 11.8. The van der Waals surface area contributed by atoms with E-state index in [0.717, 1.165) is 5.56 Å². The van der Waals surface area contributed by atoms with E-state index in [1.807, 2.05) is 30.3 Å². The minimum atomic E-state index is -0.470. The van der Waals surface area contributed by atoms with E-state index in [9.17, 15) is 4.79 Å². The van der Waals surface area contributed by atoms with Crippen molar-refractivity contribution in [3.05, 3.63) is 47.7 Å². The lowest BCUT2D eigenvalue weighted by molar-refractivity contribution is -0.136. The van der Waals surface area contributed by atoms with Crippen LogP contribution in [0.5, 0.6) is 0 Å². The number of nitrogens with two attached hydrogens (primary N) is 1. The van der Waals surface area contributed by atoms with Crippen molar-refractivity contribution in [2.24, 2.45) is 5.73 Å². The average Bonchev–Trinajstić information content (AvgIpc) is 2.25. The van der Waals surface area contributed by atoms with Crippen LogP contribution in [0.1, 0.15) is 12.5 Å². The summed E-state index contributed by atoms with van der Waals surface area (Å²) < 4.78 is 4.81. The molecular formula is C13H13NO2. The molecule has 0 fully saturated rings. The molecule has 0 saturated carbocycles. The van der Waals surface area contributed by atoms with Crippen LogP contribution in [0.4, 0.5) is 0 Å². The second-order valence-corrected chi connectivity index (χ2v) is 3.16. The van der Waals surface area contributed by atoms with Gasteiger partial charge in [-0.3, -0.25) is 0 Å². The summed E-state index contributed by atoms with van der Waals surface area (Å²) in [5.74, 6) is 5.15. The summed E-state index contributed by atoms with van der Waals surface area (Å²) in [4.78, 5) is 11.0. The molecule has 0 radical (unpaired) electrons. The van der Waals surface area contributed by atoms with E-state index in [2.05, 4.69) is 11.8 Å². The highest BCUT2D eigenvalue weighted by Crippen LogP contribution is 1.94. The van der Waals surface area contributed by atoms with Gasteiger partial charge >= 0.3 is 5.97 Å². The summed E-state index contributed by atoms with van der Waals surface area (Å²) in [5, 5.41) is 0. The minimum Gasteiger partial charge on any atom is -0.449 e. The molecule has 0 amide bonds. The zero-order valence-electron chi connectivity index (χ0n) is 9.07. The fourth-order valence-corrected chi connectivity index (χ4v) is 0.994. The van der Waals surface area contributed by atoms with E-state index in [0.29, 0.717) is 5.70 Å². The highest BCUT2D eigenvalue weighted by molar-refractivity contribution is 5.82. The summed E-state index contributed by atoms with van der Waals surface area (Å²) in [6, 6.07) is 9.49. The molecule has 0 saturated heterocycles. The lowest BCUT2D eigenvalue weighted by atomic mass is 10.2. The first-order chi connectivity index (χ1) is 7.68. The number of rotatable bonds is 2. The van der Waals surface area contributed by atoms with Crippen LogP contribution < -0.4 is 5.73 Å². The maximum atomic E-state index is 11.0. The Morgan fingerprint density at radius 1 is 1.44 bits per heavy atom. The summed E-state index contributed by atoms with van der Waals surface area (Å²) >= 11 is 0. The molecule has 0 bridgehead atoms. The number of benzene rings is 1. The van der Waals surface area contributed by atoms with Crippen LogP contribution in [-0.4, -0.2) is 12.6 Å². The van der Waals surface area contributed by atoms with E-state index in [1.54, 1.807) is 6.92 Å². The molecule has 82 valence electrons. The number of allylic oxidation sites excluding steroid dienone is 1. The van der Waals surface area contributed by atoms with Crippen LogP contribution in [0.3, 0.4) is 0 Å². The molecule has 16 heavy (non-hydrogen) atoms. The normalized spacial score (nSPS) is 10.2. The van der Waals surface area contributed by atoms with Crippen molar-refractivity contribution in [1.29, 1.82) is 0 Å². The molecule has 0 atom stereocenters. The first kappa shape index (κ1) is 11.9. The predicted octanol–water partition coefficient (Wildman–Crippen LogP) is 1.44. The molecule has 3 nitrogen and oxygen atoms in total. The molecule has 1 aromatic carbocycles. The highest BCUT2D eigenvalue weighted by atomic mass is 16.5. The van der Waals surface area contributed by atoms with Gasteiger partial charge in [0.05, 0.1) is 0 Å². The predicted molar refractivity (Wildman–Crippen MR) is 62.2 cm³/mol. The Morgan fingerprint density at radius 3 is 2.75 bits per heavy atom. The standard InChI is InChI=1S/C13H13NO2/c1-11(14)10-13(15)16-9-5-8-12-6-3-2-4-7-12/h2-4,6-7,10H,9,14H2,1H3/b11-10-. The van der Waals surface area contributed by atoms with Gasteiger partial charge < -0.3 is 10.5 Å². The van der Waals surface area contributed by atoms with Crippen molar-refractivity contribution in [2.45, 2.75) is 6.92 Å². The summed E-state index contributed by atoms with van der Waals surface area (Å²) in [7, 11) is 0. The maximum Gasteiger partial charge on any atom is 0.333 e. The fraction of sp³-hybridized carbons (Fsp3) is 0.154. The third kappa shape index (κ3) is 4.87. The Kier molecular flexibility index (Phi) is 4.68. The van der Waals surface area contributed by atoms with Gasteiger partial charge in [-0.15, -0.1) is 0 Å². The van der Waals surface area contributed by atoms with Gasteiger partial charge in [0, 0.05) is 17.3 Å². The minimum absolute atomic E-state index is 0.0670. The molecule has 1 rings (SSSR count). The number of esters is 1. The molecule has 0 spiro atoms. The van der Waals surface area contributed by atoms with E-state index in [1.165, 1.54) is 6.08 Å². The SMILES string of the molecule is C/C(N)=C/C(=O)OCC#Cc1ccccc1. The van der Waals surface area contributed by atoms with Crippen LogP contribution in [0, 0.1) is 11.8 Å². The topological polar surface area (TPSA) is 52.3 Å². The van der Waals surface area contributed by atoms with Gasteiger partial charge in [-0.2, -0.15) is 0 Å².